The lowest BCUT2D eigenvalue weighted by Crippen LogP contribution is -1.77. The number of rotatable bonds is 0. The van der Waals surface area contributed by atoms with Crippen molar-refractivity contribution in [1.29, 1.82) is 0 Å². The van der Waals surface area contributed by atoms with Gasteiger partial charge in [-0.1, -0.05) is 25.4 Å². The predicted octanol–water partition coefficient (Wildman–Crippen LogP) is 3.07. The maximum Gasteiger partial charge on any atom is 0.0618 e. The largest absolute Gasteiger partial charge is 0.260 e. The summed E-state index contributed by atoms with van der Waals surface area (Å²) < 4.78 is 0. The summed E-state index contributed by atoms with van der Waals surface area (Å²) in [5.41, 5.74) is 0.883. The summed E-state index contributed by atoms with van der Waals surface area (Å²) in [5, 5.41) is 0.729. The quantitative estimate of drug-likeness (QED) is 0.564. The Morgan fingerprint density at radius 2 is 2.00 bits per heavy atom. The molecule has 10 heavy (non-hydrogen) atoms. The topological polar surface area (TPSA) is 12.9 Å². The van der Waals surface area contributed by atoms with Crippen LogP contribution < -0.4 is 0 Å². The summed E-state index contributed by atoms with van der Waals surface area (Å²) in [5.74, 6) is 0. The lowest BCUT2D eigenvalue weighted by Gasteiger charge is -1.90. The van der Waals surface area contributed by atoms with Crippen molar-refractivity contribution in [3.8, 4) is 0 Å². The van der Waals surface area contributed by atoms with E-state index in [0.717, 1.165) is 10.7 Å². The van der Waals surface area contributed by atoms with E-state index in [2.05, 4.69) is 4.98 Å². The molecule has 0 aromatic carbocycles. The van der Waals surface area contributed by atoms with E-state index in [1.54, 1.807) is 6.20 Å². The van der Waals surface area contributed by atoms with Gasteiger partial charge in [0.15, 0.2) is 0 Å². The molecular weight excluding hydrogens is 146 g/mol. The van der Waals surface area contributed by atoms with Gasteiger partial charge in [-0.2, -0.15) is 0 Å². The lowest BCUT2D eigenvalue weighted by atomic mass is 10.4. The van der Waals surface area contributed by atoms with Gasteiger partial charge >= 0.3 is 0 Å². The molecule has 1 aromatic rings. The molecule has 1 aromatic heterocycles. The molecule has 56 valence electrons. The molecule has 0 saturated carbocycles. The van der Waals surface area contributed by atoms with Crippen LogP contribution in [0.4, 0.5) is 0 Å². The molecule has 0 saturated heterocycles. The molecule has 0 radical (unpaired) electrons. The van der Waals surface area contributed by atoms with Gasteiger partial charge in [0.2, 0.25) is 0 Å². The molecule has 0 N–H and O–H groups in total. The first-order valence-corrected chi connectivity index (χ1v) is 3.75. The maximum absolute atomic E-state index is 5.65. The minimum atomic E-state index is 0.729. The van der Waals surface area contributed by atoms with E-state index >= 15 is 0 Å². The monoisotopic (exact) mass is 157 g/mol. The molecule has 1 rings (SSSR count). The summed E-state index contributed by atoms with van der Waals surface area (Å²) in [4.78, 5) is 3.95. The minimum absolute atomic E-state index is 0.729. The number of pyridine rings is 1. The summed E-state index contributed by atoms with van der Waals surface area (Å²) in [6.07, 6.45) is 1.72. The van der Waals surface area contributed by atoms with Gasteiger partial charge in [-0.25, -0.2) is 0 Å². The fraction of sp³-hybridized carbons (Fsp3) is 0.375. The molecule has 0 unspecified atom stereocenters. The van der Waals surface area contributed by atoms with Crippen molar-refractivity contribution in [2.75, 3.05) is 0 Å². The molecule has 0 aliphatic rings. The van der Waals surface area contributed by atoms with Crippen LogP contribution in [0.15, 0.2) is 18.3 Å². The Morgan fingerprint density at radius 1 is 1.40 bits per heavy atom. The van der Waals surface area contributed by atoms with Crippen molar-refractivity contribution in [1.82, 2.24) is 4.98 Å². The Hall–Kier alpha value is -0.560. The number of hydrogen-bond acceptors (Lipinski definition) is 1. The van der Waals surface area contributed by atoms with Crippen molar-refractivity contribution in [3.05, 3.63) is 29.0 Å². The second-order valence-electron chi connectivity index (χ2n) is 1.57. The molecule has 0 fully saturated rings. The summed E-state index contributed by atoms with van der Waals surface area (Å²) >= 11 is 5.65. The number of nitrogens with zero attached hydrogens (tertiary/aromatic N) is 1. The van der Waals surface area contributed by atoms with Crippen molar-refractivity contribution in [2.45, 2.75) is 20.8 Å². The molecule has 1 nitrogen and oxygen atoms in total. The Bertz CT molecular complexity index is 165. The van der Waals surface area contributed by atoms with Gasteiger partial charge in [0, 0.05) is 6.20 Å². The van der Waals surface area contributed by atoms with Crippen LogP contribution in [0.1, 0.15) is 19.5 Å². The van der Waals surface area contributed by atoms with Crippen LogP contribution in [0.25, 0.3) is 0 Å². The number of halogens is 1. The van der Waals surface area contributed by atoms with Crippen LogP contribution in [0.3, 0.4) is 0 Å². The Morgan fingerprint density at radius 3 is 2.30 bits per heavy atom. The third-order valence-electron chi connectivity index (χ3n) is 0.942. The van der Waals surface area contributed by atoms with E-state index < -0.39 is 0 Å². The molecule has 0 atom stereocenters. The second-order valence-corrected chi connectivity index (χ2v) is 1.98. The van der Waals surface area contributed by atoms with Gasteiger partial charge < -0.3 is 0 Å². The molecule has 0 bridgehead atoms. The smallest absolute Gasteiger partial charge is 0.0618 e. The van der Waals surface area contributed by atoms with Gasteiger partial charge in [0.05, 0.1) is 10.7 Å². The van der Waals surface area contributed by atoms with Crippen molar-refractivity contribution in [2.24, 2.45) is 0 Å². The third kappa shape index (κ3) is 2.83. The van der Waals surface area contributed by atoms with Crippen LogP contribution >= 0.6 is 11.6 Å². The molecular formula is C8H12ClN. The van der Waals surface area contributed by atoms with E-state index in [0.29, 0.717) is 0 Å². The Balaban J connectivity index is 0.000000371. The summed E-state index contributed by atoms with van der Waals surface area (Å²) in [6, 6.07) is 3.64. The SMILES string of the molecule is CC.Cc1ncccc1Cl. The van der Waals surface area contributed by atoms with Crippen LogP contribution in [0.2, 0.25) is 5.02 Å². The first kappa shape index (κ1) is 9.44. The molecule has 0 aliphatic heterocycles. The number of aryl methyl sites for hydroxylation is 1. The lowest BCUT2D eigenvalue weighted by molar-refractivity contribution is 1.20. The maximum atomic E-state index is 5.65. The van der Waals surface area contributed by atoms with Crippen molar-refractivity contribution in [3.63, 3.8) is 0 Å². The van der Waals surface area contributed by atoms with Gasteiger partial charge in [0.25, 0.3) is 0 Å². The van der Waals surface area contributed by atoms with E-state index in [9.17, 15) is 0 Å². The van der Waals surface area contributed by atoms with Crippen LogP contribution in [-0.4, -0.2) is 4.98 Å². The van der Waals surface area contributed by atoms with Gasteiger partial charge in [-0.05, 0) is 19.1 Å². The highest BCUT2D eigenvalue weighted by Crippen LogP contribution is 2.08. The standard InChI is InChI=1S/C6H6ClN.C2H6/c1-5-6(7)3-2-4-8-5;1-2/h2-4H,1H3;1-2H3. The first-order chi connectivity index (χ1) is 4.80. The average molecular weight is 158 g/mol. The fourth-order valence-electron chi connectivity index (χ4n) is 0.465. The van der Waals surface area contributed by atoms with E-state index in [-0.39, 0.29) is 0 Å². The number of aromatic nitrogens is 1. The van der Waals surface area contributed by atoms with Crippen LogP contribution in [0.5, 0.6) is 0 Å². The summed E-state index contributed by atoms with van der Waals surface area (Å²) in [6.45, 7) is 5.88. The minimum Gasteiger partial charge on any atom is -0.260 e. The predicted molar refractivity (Wildman–Crippen MR) is 45.3 cm³/mol. The highest BCUT2D eigenvalue weighted by atomic mass is 35.5. The fourth-order valence-corrected chi connectivity index (χ4v) is 0.586. The van der Waals surface area contributed by atoms with E-state index in [1.165, 1.54) is 0 Å². The highest BCUT2D eigenvalue weighted by Gasteiger charge is 1.88. The number of hydrogen-bond donors (Lipinski definition) is 0. The Kier molecular flexibility index (Phi) is 4.95. The zero-order chi connectivity index (χ0) is 7.98. The molecule has 1 heterocycles. The van der Waals surface area contributed by atoms with E-state index in [1.807, 2.05) is 32.9 Å². The van der Waals surface area contributed by atoms with Crippen molar-refractivity contribution >= 4 is 11.6 Å². The van der Waals surface area contributed by atoms with Crippen LogP contribution in [-0.2, 0) is 0 Å². The van der Waals surface area contributed by atoms with E-state index in [4.69, 9.17) is 11.6 Å². The second kappa shape index (κ2) is 5.24. The molecule has 2 heteroatoms. The molecule has 0 amide bonds. The van der Waals surface area contributed by atoms with Crippen LogP contribution in [0, 0.1) is 6.92 Å². The summed E-state index contributed by atoms with van der Waals surface area (Å²) in [7, 11) is 0. The average Bonchev–Trinajstić information content (AvgIpc) is 2.00. The normalized spacial score (nSPS) is 8.00. The highest BCUT2D eigenvalue weighted by molar-refractivity contribution is 6.31. The first-order valence-electron chi connectivity index (χ1n) is 3.38. The third-order valence-corrected chi connectivity index (χ3v) is 1.34. The van der Waals surface area contributed by atoms with Gasteiger partial charge in [-0.15, -0.1) is 0 Å². The molecule has 0 spiro atoms. The molecule has 0 aliphatic carbocycles. The van der Waals surface area contributed by atoms with Gasteiger partial charge in [-0.3, -0.25) is 4.98 Å². The zero-order valence-corrected chi connectivity index (χ0v) is 7.31. The zero-order valence-electron chi connectivity index (χ0n) is 6.56. The van der Waals surface area contributed by atoms with Gasteiger partial charge in [0.1, 0.15) is 0 Å². The Labute approximate surface area is 67.1 Å². The van der Waals surface area contributed by atoms with Crippen molar-refractivity contribution < 1.29 is 0 Å².